The first kappa shape index (κ1) is 12.6. The lowest BCUT2D eigenvalue weighted by molar-refractivity contribution is 0.511. The van der Waals surface area contributed by atoms with E-state index in [2.05, 4.69) is 50.0 Å². The highest BCUT2D eigenvalue weighted by Crippen LogP contribution is 2.25. The van der Waals surface area contributed by atoms with Gasteiger partial charge in [0.1, 0.15) is 5.82 Å². The molecule has 5 heteroatoms. The summed E-state index contributed by atoms with van der Waals surface area (Å²) in [5.74, 6) is 0.925. The predicted octanol–water partition coefficient (Wildman–Crippen LogP) is 3.65. The van der Waals surface area contributed by atoms with Crippen LogP contribution in [0.15, 0.2) is 12.1 Å². The summed E-state index contributed by atoms with van der Waals surface area (Å²) in [6.45, 7) is 9.19. The molecule has 0 aromatic carbocycles. The fourth-order valence-electron chi connectivity index (χ4n) is 1.70. The maximum Gasteiger partial charge on any atom is 0.225 e. The monoisotopic (exact) mass is 269 g/mol. The van der Waals surface area contributed by atoms with Crippen molar-refractivity contribution >= 4 is 22.9 Å². The predicted molar refractivity (Wildman–Crippen MR) is 71.9 cm³/mol. The standard InChI is InChI=1S/C12H16ClN3S/c1-8-5-6-9(17-8)7-16-10(12(2,3)4)14-15-11(16)13/h5-6H,7H2,1-4H3. The average Bonchev–Trinajstić information content (AvgIpc) is 2.74. The minimum atomic E-state index is -0.0492. The van der Waals surface area contributed by atoms with Crippen molar-refractivity contribution in [2.24, 2.45) is 0 Å². The molecule has 2 heterocycles. The van der Waals surface area contributed by atoms with E-state index in [-0.39, 0.29) is 5.41 Å². The zero-order valence-electron chi connectivity index (χ0n) is 10.5. The van der Waals surface area contributed by atoms with E-state index in [9.17, 15) is 0 Å². The van der Waals surface area contributed by atoms with Gasteiger partial charge in [0.25, 0.3) is 0 Å². The van der Waals surface area contributed by atoms with Gasteiger partial charge in [-0.25, -0.2) is 0 Å². The van der Waals surface area contributed by atoms with Gasteiger partial charge in [-0.15, -0.1) is 21.5 Å². The van der Waals surface area contributed by atoms with Crippen LogP contribution in [0.25, 0.3) is 0 Å². The Kier molecular flexibility index (Phi) is 3.27. The summed E-state index contributed by atoms with van der Waals surface area (Å²) in [4.78, 5) is 2.58. The molecule has 0 unspecified atom stereocenters. The van der Waals surface area contributed by atoms with Crippen molar-refractivity contribution in [1.82, 2.24) is 14.8 Å². The van der Waals surface area contributed by atoms with Gasteiger partial charge in [-0.2, -0.15) is 0 Å². The fraction of sp³-hybridized carbons (Fsp3) is 0.500. The topological polar surface area (TPSA) is 30.7 Å². The Labute approximate surface area is 110 Å². The Bertz CT molecular complexity index is 522. The van der Waals surface area contributed by atoms with Gasteiger partial charge in [0.15, 0.2) is 0 Å². The molecule has 17 heavy (non-hydrogen) atoms. The first-order chi connectivity index (χ1) is 7.88. The molecule has 0 atom stereocenters. The number of aromatic nitrogens is 3. The van der Waals surface area contributed by atoms with E-state index in [0.717, 1.165) is 12.4 Å². The Morgan fingerprint density at radius 3 is 2.53 bits per heavy atom. The molecule has 2 aromatic rings. The number of hydrogen-bond acceptors (Lipinski definition) is 3. The maximum atomic E-state index is 6.10. The molecule has 0 aliphatic rings. The van der Waals surface area contributed by atoms with Crippen LogP contribution in [-0.2, 0) is 12.0 Å². The van der Waals surface area contributed by atoms with Crippen LogP contribution in [0.2, 0.25) is 5.28 Å². The van der Waals surface area contributed by atoms with Crippen molar-refractivity contribution in [2.75, 3.05) is 0 Å². The molecule has 0 saturated heterocycles. The number of nitrogens with zero attached hydrogens (tertiary/aromatic N) is 3. The molecule has 2 rings (SSSR count). The third-order valence-corrected chi connectivity index (χ3v) is 3.75. The fourth-order valence-corrected chi connectivity index (χ4v) is 2.76. The minimum Gasteiger partial charge on any atom is -0.296 e. The second-order valence-electron chi connectivity index (χ2n) is 5.14. The van der Waals surface area contributed by atoms with Crippen molar-refractivity contribution in [2.45, 2.75) is 39.7 Å². The van der Waals surface area contributed by atoms with Crippen LogP contribution in [0.5, 0.6) is 0 Å². The Morgan fingerprint density at radius 1 is 1.29 bits per heavy atom. The SMILES string of the molecule is Cc1ccc(Cn2c(Cl)nnc2C(C)(C)C)s1. The van der Waals surface area contributed by atoms with Crippen LogP contribution < -0.4 is 0 Å². The molecule has 0 N–H and O–H groups in total. The number of hydrogen-bond donors (Lipinski definition) is 0. The smallest absolute Gasteiger partial charge is 0.225 e. The largest absolute Gasteiger partial charge is 0.296 e. The molecule has 92 valence electrons. The van der Waals surface area contributed by atoms with E-state index in [0.29, 0.717) is 5.28 Å². The number of thiophene rings is 1. The molecule has 0 bridgehead atoms. The van der Waals surface area contributed by atoms with E-state index in [4.69, 9.17) is 11.6 Å². The van der Waals surface area contributed by atoms with Gasteiger partial charge in [0, 0.05) is 15.2 Å². The highest BCUT2D eigenvalue weighted by molar-refractivity contribution is 7.11. The molecule has 0 saturated carbocycles. The maximum absolute atomic E-state index is 6.10. The number of aryl methyl sites for hydroxylation is 1. The zero-order chi connectivity index (χ0) is 12.6. The Hall–Kier alpha value is -0.870. The number of halogens is 1. The lowest BCUT2D eigenvalue weighted by atomic mass is 9.96. The summed E-state index contributed by atoms with van der Waals surface area (Å²) in [6.07, 6.45) is 0. The van der Waals surface area contributed by atoms with Crippen LogP contribution in [0.4, 0.5) is 0 Å². The van der Waals surface area contributed by atoms with E-state index < -0.39 is 0 Å². The first-order valence-corrected chi connectivity index (χ1v) is 6.72. The van der Waals surface area contributed by atoms with E-state index in [1.165, 1.54) is 9.75 Å². The highest BCUT2D eigenvalue weighted by atomic mass is 35.5. The van der Waals surface area contributed by atoms with Crippen molar-refractivity contribution in [3.63, 3.8) is 0 Å². The van der Waals surface area contributed by atoms with Crippen molar-refractivity contribution in [3.8, 4) is 0 Å². The van der Waals surface area contributed by atoms with Crippen LogP contribution in [0.3, 0.4) is 0 Å². The summed E-state index contributed by atoms with van der Waals surface area (Å²) in [7, 11) is 0. The molecule has 2 aromatic heterocycles. The molecule has 0 spiro atoms. The minimum absolute atomic E-state index is 0.0492. The molecule has 0 aliphatic heterocycles. The Balaban J connectivity index is 2.35. The van der Waals surface area contributed by atoms with Crippen LogP contribution in [0.1, 0.15) is 36.3 Å². The lowest BCUT2D eigenvalue weighted by Gasteiger charge is -2.18. The van der Waals surface area contributed by atoms with Crippen LogP contribution in [0, 0.1) is 6.92 Å². The molecule has 0 aliphatic carbocycles. The van der Waals surface area contributed by atoms with Gasteiger partial charge in [0.05, 0.1) is 6.54 Å². The second kappa shape index (κ2) is 4.42. The first-order valence-electron chi connectivity index (χ1n) is 5.52. The van der Waals surface area contributed by atoms with Crippen LogP contribution >= 0.6 is 22.9 Å². The van der Waals surface area contributed by atoms with Gasteiger partial charge in [0.2, 0.25) is 5.28 Å². The van der Waals surface area contributed by atoms with Gasteiger partial charge >= 0.3 is 0 Å². The third-order valence-electron chi connectivity index (χ3n) is 2.49. The second-order valence-corrected chi connectivity index (χ2v) is 6.85. The van der Waals surface area contributed by atoms with Gasteiger partial charge in [-0.05, 0) is 30.7 Å². The molecule has 0 radical (unpaired) electrons. The lowest BCUT2D eigenvalue weighted by Crippen LogP contribution is -2.19. The van der Waals surface area contributed by atoms with Crippen molar-refractivity contribution in [3.05, 3.63) is 33.0 Å². The summed E-state index contributed by atoms with van der Waals surface area (Å²) < 4.78 is 1.98. The third kappa shape index (κ3) is 2.69. The van der Waals surface area contributed by atoms with Crippen molar-refractivity contribution < 1.29 is 0 Å². The summed E-state index contributed by atoms with van der Waals surface area (Å²) in [5.41, 5.74) is -0.0492. The quantitative estimate of drug-likeness (QED) is 0.833. The molecular weight excluding hydrogens is 254 g/mol. The molecule has 3 nitrogen and oxygen atoms in total. The zero-order valence-corrected chi connectivity index (χ0v) is 12.1. The van der Waals surface area contributed by atoms with Gasteiger partial charge < -0.3 is 0 Å². The van der Waals surface area contributed by atoms with Crippen molar-refractivity contribution in [1.29, 1.82) is 0 Å². The average molecular weight is 270 g/mol. The van der Waals surface area contributed by atoms with E-state index in [1.54, 1.807) is 11.3 Å². The summed E-state index contributed by atoms with van der Waals surface area (Å²) >= 11 is 7.88. The van der Waals surface area contributed by atoms with Crippen LogP contribution in [-0.4, -0.2) is 14.8 Å². The van der Waals surface area contributed by atoms with Gasteiger partial charge in [-0.3, -0.25) is 4.57 Å². The molecule has 0 fully saturated rings. The highest BCUT2D eigenvalue weighted by Gasteiger charge is 2.23. The molecular formula is C12H16ClN3S. The molecule has 0 amide bonds. The van der Waals surface area contributed by atoms with E-state index in [1.807, 2.05) is 4.57 Å². The normalized spacial score (nSPS) is 12.1. The van der Waals surface area contributed by atoms with Gasteiger partial charge in [-0.1, -0.05) is 20.8 Å². The summed E-state index contributed by atoms with van der Waals surface area (Å²) in [5, 5.41) is 8.60. The van der Waals surface area contributed by atoms with E-state index >= 15 is 0 Å². The number of rotatable bonds is 2. The summed E-state index contributed by atoms with van der Waals surface area (Å²) in [6, 6.07) is 4.25. The Morgan fingerprint density at radius 2 is 2.00 bits per heavy atom.